The van der Waals surface area contributed by atoms with Gasteiger partial charge in [-0.2, -0.15) is 4.98 Å². The average molecular weight is 568 g/mol. The molecule has 206 valence electrons. The summed E-state index contributed by atoms with van der Waals surface area (Å²) in [6, 6.07) is 26.6. The number of nitrogens with one attached hydrogen (secondary N) is 2. The highest BCUT2D eigenvalue weighted by molar-refractivity contribution is 5.63. The van der Waals surface area contributed by atoms with Crippen molar-refractivity contribution in [1.82, 2.24) is 14.5 Å². The normalized spacial score (nSPS) is 17.9. The molecule has 2 aliphatic heterocycles. The van der Waals surface area contributed by atoms with Gasteiger partial charge in [0.05, 0.1) is 37.8 Å². The number of anilines is 1. The van der Waals surface area contributed by atoms with Crippen LogP contribution in [0.15, 0.2) is 85.3 Å². The van der Waals surface area contributed by atoms with Crippen LogP contribution in [0.25, 0.3) is 5.82 Å². The second kappa shape index (κ2) is 13.3. The first-order valence-electron chi connectivity index (χ1n) is 13.4. The zero-order valence-electron chi connectivity index (χ0n) is 22.3. The van der Waals surface area contributed by atoms with Gasteiger partial charge in [0.15, 0.2) is 5.82 Å². The molecule has 4 aromatic rings. The van der Waals surface area contributed by atoms with Gasteiger partial charge in [-0.1, -0.05) is 60.7 Å². The van der Waals surface area contributed by atoms with Crippen molar-refractivity contribution in [2.45, 2.75) is 19.0 Å². The van der Waals surface area contributed by atoms with Gasteiger partial charge in [0.2, 0.25) is 5.88 Å². The summed E-state index contributed by atoms with van der Waals surface area (Å²) in [5.74, 6) is 1.55. The highest BCUT2D eigenvalue weighted by Crippen LogP contribution is 2.32. The Hall–Kier alpha value is -3.10. The summed E-state index contributed by atoms with van der Waals surface area (Å²) in [6.07, 6.45) is 4.95. The molecule has 0 spiro atoms. The van der Waals surface area contributed by atoms with E-state index in [1.165, 1.54) is 49.5 Å². The molecule has 2 aliphatic rings. The number of halogens is 2. The number of hydrogen-bond donors (Lipinski definition) is 2. The number of methoxy groups -OCH3 is 1. The standard InChI is InChI=1S/C30H34N6O.2ClH/c1-37-28-14-13-27-30(32-28)36-23-31-21-26(36)22-35(27)16-8-15-33-17-19-34(20-18-33)29(24-9-4-2-5-10-24)25-11-6-3-7-12-25;;/h2-7,9-14,21,23,29H,8,15-20,22H2,1H3;2*1H. The van der Waals surface area contributed by atoms with Crippen molar-refractivity contribution in [1.29, 1.82) is 0 Å². The van der Waals surface area contributed by atoms with E-state index in [0.29, 0.717) is 11.9 Å². The summed E-state index contributed by atoms with van der Waals surface area (Å²) in [4.78, 5) is 14.9. The molecule has 0 atom stereocenters. The van der Waals surface area contributed by atoms with E-state index in [2.05, 4.69) is 81.2 Å². The highest BCUT2D eigenvalue weighted by atomic mass is 35.5. The van der Waals surface area contributed by atoms with E-state index in [1.807, 2.05) is 18.6 Å². The van der Waals surface area contributed by atoms with E-state index in [4.69, 9.17) is 9.72 Å². The lowest BCUT2D eigenvalue weighted by atomic mass is 9.96. The number of fused-ring (bicyclic) bond motifs is 3. The highest BCUT2D eigenvalue weighted by Gasteiger charge is 2.32. The fourth-order valence-electron chi connectivity index (χ4n) is 6.01. The zero-order valence-corrected chi connectivity index (χ0v) is 23.8. The molecule has 0 unspecified atom stereocenters. The molecule has 0 amide bonds. The summed E-state index contributed by atoms with van der Waals surface area (Å²) < 4.78 is 7.46. The molecule has 0 bridgehead atoms. The average Bonchev–Trinajstić information content (AvgIpc) is 3.44. The Balaban J connectivity index is 0.00000176. The largest absolute Gasteiger partial charge is 1.00 e. The minimum absolute atomic E-state index is 0. The lowest BCUT2D eigenvalue weighted by molar-refractivity contribution is -1.02. The third-order valence-corrected chi connectivity index (χ3v) is 7.91. The second-order valence-corrected chi connectivity index (χ2v) is 10.1. The van der Waals surface area contributed by atoms with E-state index in [0.717, 1.165) is 31.0 Å². The Kier molecular flexibility index (Phi) is 9.86. The van der Waals surface area contributed by atoms with Crippen LogP contribution in [0.3, 0.4) is 0 Å². The van der Waals surface area contributed by atoms with Gasteiger partial charge in [0.25, 0.3) is 0 Å². The summed E-state index contributed by atoms with van der Waals surface area (Å²) in [5.41, 5.74) is 5.16. The second-order valence-electron chi connectivity index (χ2n) is 10.1. The van der Waals surface area contributed by atoms with Crippen molar-refractivity contribution in [2.75, 3.05) is 51.3 Å². The molecule has 39 heavy (non-hydrogen) atoms. The summed E-state index contributed by atoms with van der Waals surface area (Å²) >= 11 is 0. The van der Waals surface area contributed by atoms with E-state index >= 15 is 0 Å². The van der Waals surface area contributed by atoms with Crippen LogP contribution in [-0.4, -0.2) is 60.9 Å². The number of quaternary nitrogens is 2. The molecular weight excluding hydrogens is 531 g/mol. The number of hydrogen-bond acceptors (Lipinski definition) is 4. The van der Waals surface area contributed by atoms with E-state index in [9.17, 15) is 0 Å². The molecular formula is C30H36Cl2N6O. The van der Waals surface area contributed by atoms with Crippen molar-refractivity contribution in [3.05, 3.63) is 102 Å². The number of piperazine rings is 1. The van der Waals surface area contributed by atoms with Crippen LogP contribution >= 0.6 is 0 Å². The number of ether oxygens (including phenoxy) is 1. The molecule has 2 N–H and O–H groups in total. The Morgan fingerprint density at radius 1 is 0.872 bits per heavy atom. The van der Waals surface area contributed by atoms with Gasteiger partial charge < -0.3 is 44.3 Å². The quantitative estimate of drug-likeness (QED) is 0.226. The molecule has 7 nitrogen and oxygen atoms in total. The molecule has 6 rings (SSSR count). The Morgan fingerprint density at radius 2 is 1.54 bits per heavy atom. The monoisotopic (exact) mass is 566 g/mol. The lowest BCUT2D eigenvalue weighted by Gasteiger charge is -2.36. The minimum Gasteiger partial charge on any atom is -1.00 e. The molecule has 1 saturated heterocycles. The first kappa shape index (κ1) is 28.9. The number of aromatic nitrogens is 3. The topological polar surface area (TPSA) is 52.1 Å². The summed E-state index contributed by atoms with van der Waals surface area (Å²) in [7, 11) is 1.66. The fraction of sp³-hybridized carbons (Fsp3) is 0.333. The lowest BCUT2D eigenvalue weighted by Crippen LogP contribution is -3.28. The van der Waals surface area contributed by atoms with Crippen LogP contribution in [-0.2, 0) is 6.54 Å². The molecule has 1 fully saturated rings. The Bertz CT molecular complexity index is 1270. The Morgan fingerprint density at radius 3 is 2.18 bits per heavy atom. The number of rotatable bonds is 8. The third-order valence-electron chi connectivity index (χ3n) is 7.91. The fourth-order valence-corrected chi connectivity index (χ4v) is 6.01. The molecule has 0 radical (unpaired) electrons. The smallest absolute Gasteiger partial charge is 0.215 e. The predicted octanol–water partition coefficient (Wildman–Crippen LogP) is -4.43. The maximum absolute atomic E-state index is 5.38. The maximum Gasteiger partial charge on any atom is 0.215 e. The van der Waals surface area contributed by atoms with Gasteiger partial charge in [-0.05, 0) is 6.07 Å². The van der Waals surface area contributed by atoms with Crippen LogP contribution < -0.4 is 44.3 Å². The van der Waals surface area contributed by atoms with E-state index < -0.39 is 0 Å². The van der Waals surface area contributed by atoms with E-state index in [-0.39, 0.29) is 24.8 Å². The zero-order chi connectivity index (χ0) is 25.0. The number of pyridine rings is 1. The van der Waals surface area contributed by atoms with Crippen molar-refractivity contribution >= 4 is 5.69 Å². The van der Waals surface area contributed by atoms with Crippen molar-refractivity contribution in [3.8, 4) is 11.7 Å². The predicted molar refractivity (Wildman–Crippen MR) is 145 cm³/mol. The van der Waals surface area contributed by atoms with Crippen LogP contribution in [0.4, 0.5) is 5.69 Å². The number of imidazole rings is 1. The molecule has 9 heteroatoms. The van der Waals surface area contributed by atoms with Crippen molar-refractivity contribution < 1.29 is 39.4 Å². The Labute approximate surface area is 243 Å². The van der Waals surface area contributed by atoms with Crippen LogP contribution in [0, 0.1) is 0 Å². The van der Waals surface area contributed by atoms with Crippen LogP contribution in [0.1, 0.15) is 29.3 Å². The van der Waals surface area contributed by atoms with E-state index in [1.54, 1.807) is 16.9 Å². The van der Waals surface area contributed by atoms with Gasteiger partial charge in [-0.3, -0.25) is 4.57 Å². The van der Waals surface area contributed by atoms with Crippen LogP contribution in [0.2, 0.25) is 0 Å². The first-order chi connectivity index (χ1) is 18.3. The van der Waals surface area contributed by atoms with Gasteiger partial charge in [-0.15, -0.1) is 0 Å². The van der Waals surface area contributed by atoms with Crippen molar-refractivity contribution in [2.24, 2.45) is 0 Å². The van der Waals surface area contributed by atoms with Gasteiger partial charge in [0, 0.05) is 30.2 Å². The minimum atomic E-state index is 0. The molecule has 4 heterocycles. The van der Waals surface area contributed by atoms with Gasteiger partial charge in [0.1, 0.15) is 38.5 Å². The molecule has 2 aromatic carbocycles. The molecule has 2 aromatic heterocycles. The summed E-state index contributed by atoms with van der Waals surface area (Å²) in [6.45, 7) is 7.90. The first-order valence-corrected chi connectivity index (χ1v) is 13.4. The molecule has 0 saturated carbocycles. The molecule has 0 aliphatic carbocycles. The van der Waals surface area contributed by atoms with Gasteiger partial charge >= 0.3 is 0 Å². The SMILES string of the molecule is COc1ccc2c(n1)-n1cncc1CN2CCC[NH+]1CC[NH+](C(c2ccccc2)c2ccccc2)CC1.[Cl-].[Cl-]. The van der Waals surface area contributed by atoms with Crippen molar-refractivity contribution in [3.63, 3.8) is 0 Å². The number of nitrogens with zero attached hydrogens (tertiary/aromatic N) is 4. The summed E-state index contributed by atoms with van der Waals surface area (Å²) in [5, 5.41) is 0. The maximum atomic E-state index is 5.38. The van der Waals surface area contributed by atoms with Gasteiger partial charge in [-0.25, -0.2) is 4.98 Å². The third kappa shape index (κ3) is 6.23. The van der Waals surface area contributed by atoms with Crippen LogP contribution in [0.5, 0.6) is 5.88 Å². The number of benzene rings is 2.